The van der Waals surface area contributed by atoms with Crippen LogP contribution in [-0.2, 0) is 17.8 Å². The predicted octanol–water partition coefficient (Wildman–Crippen LogP) is 1.95. The van der Waals surface area contributed by atoms with Gasteiger partial charge < -0.3 is 14.8 Å². The fourth-order valence-corrected chi connectivity index (χ4v) is 3.63. The van der Waals surface area contributed by atoms with Crippen LogP contribution < -0.4 is 10.9 Å². The molecule has 0 radical (unpaired) electrons. The second kappa shape index (κ2) is 7.56. The maximum Gasteiger partial charge on any atom is 0.254 e. The molecule has 1 N–H and O–H groups in total. The lowest BCUT2D eigenvalue weighted by Gasteiger charge is -2.48. The van der Waals surface area contributed by atoms with Gasteiger partial charge in [0.05, 0.1) is 5.41 Å². The number of halogens is 1. The molecule has 1 aliphatic rings. The first-order chi connectivity index (χ1) is 12.9. The van der Waals surface area contributed by atoms with E-state index in [1.807, 2.05) is 19.1 Å². The SMILES string of the molecule is CCn1ccc(C(=O)N2CC(Cc3ccc(Cl)cc3)(C(=O)NC)C2)cc1=O. The van der Waals surface area contributed by atoms with Gasteiger partial charge in [0, 0.05) is 49.5 Å². The maximum absolute atomic E-state index is 12.7. The summed E-state index contributed by atoms with van der Waals surface area (Å²) in [5.41, 5.74) is 0.460. The second-order valence-corrected chi connectivity index (χ2v) is 7.30. The molecule has 0 unspecified atom stereocenters. The van der Waals surface area contributed by atoms with E-state index in [1.54, 1.807) is 36.3 Å². The maximum atomic E-state index is 12.7. The average Bonchev–Trinajstić information content (AvgIpc) is 2.64. The van der Waals surface area contributed by atoms with Crippen molar-refractivity contribution in [3.8, 4) is 0 Å². The molecule has 0 atom stereocenters. The van der Waals surface area contributed by atoms with E-state index < -0.39 is 5.41 Å². The Hall–Kier alpha value is -2.60. The van der Waals surface area contributed by atoms with Gasteiger partial charge in [-0.25, -0.2) is 0 Å². The largest absolute Gasteiger partial charge is 0.359 e. The number of aromatic nitrogens is 1. The van der Waals surface area contributed by atoms with Crippen molar-refractivity contribution >= 4 is 23.4 Å². The molecule has 0 bridgehead atoms. The third-order valence-corrected chi connectivity index (χ3v) is 5.27. The van der Waals surface area contributed by atoms with Crippen LogP contribution in [0.2, 0.25) is 5.02 Å². The Bertz CT molecular complexity index is 915. The summed E-state index contributed by atoms with van der Waals surface area (Å²) >= 11 is 5.93. The van der Waals surface area contributed by atoms with Crippen molar-refractivity contribution in [2.75, 3.05) is 20.1 Å². The number of carbonyl (C=O) groups is 2. The molecule has 1 aromatic carbocycles. The van der Waals surface area contributed by atoms with Crippen LogP contribution >= 0.6 is 11.6 Å². The van der Waals surface area contributed by atoms with Gasteiger partial charge in [0.15, 0.2) is 0 Å². The predicted molar refractivity (Wildman–Crippen MR) is 104 cm³/mol. The summed E-state index contributed by atoms with van der Waals surface area (Å²) < 4.78 is 1.53. The van der Waals surface area contributed by atoms with Crippen LogP contribution in [0.25, 0.3) is 0 Å². The van der Waals surface area contributed by atoms with Gasteiger partial charge in [-0.1, -0.05) is 23.7 Å². The number of benzene rings is 1. The molecular weight excluding hydrogens is 366 g/mol. The number of pyridine rings is 1. The minimum absolute atomic E-state index is 0.0945. The average molecular weight is 388 g/mol. The molecular formula is C20H22ClN3O3. The van der Waals surface area contributed by atoms with Gasteiger partial charge in [-0.3, -0.25) is 14.4 Å². The minimum Gasteiger partial charge on any atom is -0.359 e. The fraction of sp³-hybridized carbons (Fsp3) is 0.350. The normalized spacial score (nSPS) is 15.1. The Labute approximate surface area is 162 Å². The molecule has 3 rings (SSSR count). The lowest BCUT2D eigenvalue weighted by molar-refractivity contribution is -0.138. The molecule has 142 valence electrons. The Morgan fingerprint density at radius 1 is 1.19 bits per heavy atom. The Morgan fingerprint density at radius 3 is 2.41 bits per heavy atom. The number of likely N-dealkylation sites (tertiary alicyclic amines) is 1. The van der Waals surface area contributed by atoms with E-state index >= 15 is 0 Å². The zero-order valence-electron chi connectivity index (χ0n) is 15.4. The van der Waals surface area contributed by atoms with Gasteiger partial charge in [0.2, 0.25) is 5.91 Å². The summed E-state index contributed by atoms with van der Waals surface area (Å²) in [6, 6.07) is 10.4. The Kier molecular flexibility index (Phi) is 5.37. The summed E-state index contributed by atoms with van der Waals surface area (Å²) in [5.74, 6) is -0.325. The second-order valence-electron chi connectivity index (χ2n) is 6.86. The van der Waals surface area contributed by atoms with E-state index in [1.165, 1.54) is 10.6 Å². The number of nitrogens with zero attached hydrogens (tertiary/aromatic N) is 2. The molecule has 1 aliphatic heterocycles. The Morgan fingerprint density at radius 2 is 1.85 bits per heavy atom. The van der Waals surface area contributed by atoms with Gasteiger partial charge in [0.1, 0.15) is 0 Å². The topological polar surface area (TPSA) is 71.4 Å². The van der Waals surface area contributed by atoms with E-state index in [4.69, 9.17) is 11.6 Å². The summed E-state index contributed by atoms with van der Waals surface area (Å²) in [4.78, 5) is 38.8. The molecule has 0 saturated carbocycles. The molecule has 1 aromatic heterocycles. The highest BCUT2D eigenvalue weighted by Crippen LogP contribution is 2.35. The molecule has 2 aromatic rings. The molecule has 2 heterocycles. The Balaban J connectivity index is 1.76. The molecule has 6 nitrogen and oxygen atoms in total. The summed E-state index contributed by atoms with van der Waals surface area (Å²) in [5, 5.41) is 3.35. The van der Waals surface area contributed by atoms with Crippen molar-refractivity contribution in [2.24, 2.45) is 5.41 Å². The zero-order valence-corrected chi connectivity index (χ0v) is 16.1. The molecule has 1 fully saturated rings. The van der Waals surface area contributed by atoms with Crippen molar-refractivity contribution in [1.82, 2.24) is 14.8 Å². The van der Waals surface area contributed by atoms with E-state index in [-0.39, 0.29) is 17.4 Å². The third kappa shape index (κ3) is 3.76. The van der Waals surface area contributed by atoms with Gasteiger partial charge in [-0.2, -0.15) is 0 Å². The third-order valence-electron chi connectivity index (χ3n) is 5.02. The molecule has 0 aliphatic carbocycles. The fourth-order valence-electron chi connectivity index (χ4n) is 3.51. The van der Waals surface area contributed by atoms with Crippen LogP contribution in [0.5, 0.6) is 0 Å². The molecule has 2 amide bonds. The number of aryl methyl sites for hydroxylation is 1. The lowest BCUT2D eigenvalue weighted by atomic mass is 9.73. The van der Waals surface area contributed by atoms with Gasteiger partial charge in [0.25, 0.3) is 11.5 Å². The number of amides is 2. The molecule has 27 heavy (non-hydrogen) atoms. The highest BCUT2D eigenvalue weighted by atomic mass is 35.5. The van der Waals surface area contributed by atoms with Crippen molar-refractivity contribution in [1.29, 1.82) is 0 Å². The number of rotatable bonds is 5. The van der Waals surface area contributed by atoms with Crippen LogP contribution in [0, 0.1) is 5.41 Å². The van der Waals surface area contributed by atoms with Crippen LogP contribution in [0.15, 0.2) is 47.4 Å². The summed E-state index contributed by atoms with van der Waals surface area (Å²) in [6.45, 7) is 3.04. The monoisotopic (exact) mass is 387 g/mol. The lowest BCUT2D eigenvalue weighted by Crippen LogP contribution is -2.65. The van der Waals surface area contributed by atoms with Crippen molar-refractivity contribution in [3.05, 3.63) is 69.1 Å². The van der Waals surface area contributed by atoms with Crippen molar-refractivity contribution in [2.45, 2.75) is 19.9 Å². The standard InChI is InChI=1S/C20H22ClN3O3/c1-3-23-9-8-15(10-17(23)25)18(26)24-12-20(13-24,19(27)22-2)11-14-4-6-16(21)7-5-14/h4-10H,3,11-13H2,1-2H3,(H,22,27). The smallest absolute Gasteiger partial charge is 0.254 e. The van der Waals surface area contributed by atoms with Crippen LogP contribution in [0.3, 0.4) is 0 Å². The minimum atomic E-state index is -0.670. The van der Waals surface area contributed by atoms with E-state index in [0.29, 0.717) is 36.6 Å². The van der Waals surface area contributed by atoms with E-state index in [9.17, 15) is 14.4 Å². The summed E-state index contributed by atoms with van der Waals surface area (Å²) in [7, 11) is 1.60. The first kappa shape index (κ1) is 19.2. The number of hydrogen-bond donors (Lipinski definition) is 1. The van der Waals surface area contributed by atoms with Gasteiger partial charge >= 0.3 is 0 Å². The van der Waals surface area contributed by atoms with Crippen molar-refractivity contribution in [3.63, 3.8) is 0 Å². The number of carbonyl (C=O) groups excluding carboxylic acids is 2. The number of nitrogens with one attached hydrogen (secondary N) is 1. The molecule has 1 saturated heterocycles. The van der Waals surface area contributed by atoms with Gasteiger partial charge in [-0.05, 0) is 37.1 Å². The summed E-state index contributed by atoms with van der Waals surface area (Å²) in [6.07, 6.45) is 2.14. The zero-order chi connectivity index (χ0) is 19.6. The van der Waals surface area contributed by atoms with Crippen LogP contribution in [0.1, 0.15) is 22.8 Å². The quantitative estimate of drug-likeness (QED) is 0.852. The van der Waals surface area contributed by atoms with E-state index in [0.717, 1.165) is 5.56 Å². The van der Waals surface area contributed by atoms with Crippen LogP contribution in [0.4, 0.5) is 0 Å². The number of hydrogen-bond acceptors (Lipinski definition) is 3. The van der Waals surface area contributed by atoms with E-state index in [2.05, 4.69) is 5.32 Å². The molecule has 7 heteroatoms. The first-order valence-corrected chi connectivity index (χ1v) is 9.23. The van der Waals surface area contributed by atoms with Gasteiger partial charge in [-0.15, -0.1) is 0 Å². The molecule has 0 spiro atoms. The first-order valence-electron chi connectivity index (χ1n) is 8.85. The highest BCUT2D eigenvalue weighted by molar-refractivity contribution is 6.30. The van der Waals surface area contributed by atoms with Crippen molar-refractivity contribution < 1.29 is 9.59 Å². The highest BCUT2D eigenvalue weighted by Gasteiger charge is 2.50. The van der Waals surface area contributed by atoms with Crippen LogP contribution in [-0.4, -0.2) is 41.4 Å².